The maximum Gasteiger partial charge on any atom is 0.257 e. The standard InChI is InChI=1S/C21H25N3O4/c1-3-22-20(26)14-28-18-11-7-10-17(13-18)24-19(25)12-15(2)23-21(27)16-8-5-4-6-9-16/h4-11,13,15H,3,12,14H2,1-2H3,(H,22,26)(H,23,27)(H,24,25). The van der Waals surface area contributed by atoms with E-state index in [9.17, 15) is 14.4 Å². The second-order valence-electron chi connectivity index (χ2n) is 6.26. The number of likely N-dealkylation sites (N-methyl/N-ethyl adjacent to an activating group) is 1. The fourth-order valence-corrected chi connectivity index (χ4v) is 2.50. The average molecular weight is 383 g/mol. The van der Waals surface area contributed by atoms with Gasteiger partial charge in [-0.2, -0.15) is 0 Å². The lowest BCUT2D eigenvalue weighted by atomic mass is 10.1. The summed E-state index contributed by atoms with van der Waals surface area (Å²) >= 11 is 0. The summed E-state index contributed by atoms with van der Waals surface area (Å²) in [5.74, 6) is -0.183. The number of nitrogens with one attached hydrogen (secondary N) is 3. The van der Waals surface area contributed by atoms with E-state index >= 15 is 0 Å². The Hall–Kier alpha value is -3.35. The fourth-order valence-electron chi connectivity index (χ4n) is 2.50. The zero-order valence-electron chi connectivity index (χ0n) is 16.0. The molecule has 7 heteroatoms. The van der Waals surface area contributed by atoms with Crippen molar-refractivity contribution >= 4 is 23.4 Å². The van der Waals surface area contributed by atoms with Crippen molar-refractivity contribution in [3.63, 3.8) is 0 Å². The zero-order valence-corrected chi connectivity index (χ0v) is 16.0. The smallest absolute Gasteiger partial charge is 0.257 e. The van der Waals surface area contributed by atoms with Crippen molar-refractivity contribution < 1.29 is 19.1 Å². The fraction of sp³-hybridized carbons (Fsp3) is 0.286. The Bertz CT molecular complexity index is 808. The third kappa shape index (κ3) is 7.11. The van der Waals surface area contributed by atoms with Crippen molar-refractivity contribution in [2.45, 2.75) is 26.3 Å². The Labute approximate surface area is 164 Å². The molecule has 0 aliphatic heterocycles. The molecule has 3 N–H and O–H groups in total. The molecule has 3 amide bonds. The number of carbonyl (C=O) groups is 3. The van der Waals surface area contributed by atoms with Crippen LogP contribution in [0.4, 0.5) is 5.69 Å². The third-order valence-electron chi connectivity index (χ3n) is 3.77. The van der Waals surface area contributed by atoms with Gasteiger partial charge in [0.05, 0.1) is 0 Å². The van der Waals surface area contributed by atoms with Gasteiger partial charge >= 0.3 is 0 Å². The minimum atomic E-state index is -0.329. The predicted octanol–water partition coefficient (Wildman–Crippen LogP) is 2.35. The van der Waals surface area contributed by atoms with Crippen molar-refractivity contribution in [1.29, 1.82) is 0 Å². The summed E-state index contributed by atoms with van der Waals surface area (Å²) in [6.07, 6.45) is 0.128. The molecule has 2 aromatic carbocycles. The number of hydrogen-bond donors (Lipinski definition) is 3. The van der Waals surface area contributed by atoms with Crippen molar-refractivity contribution in [3.05, 3.63) is 60.2 Å². The molecule has 1 unspecified atom stereocenters. The van der Waals surface area contributed by atoms with E-state index in [-0.39, 0.29) is 36.8 Å². The first-order valence-electron chi connectivity index (χ1n) is 9.13. The summed E-state index contributed by atoms with van der Waals surface area (Å²) in [4.78, 5) is 35.8. The SMILES string of the molecule is CCNC(=O)COc1cccc(NC(=O)CC(C)NC(=O)c2ccccc2)c1. The summed E-state index contributed by atoms with van der Waals surface area (Å²) < 4.78 is 5.40. The van der Waals surface area contributed by atoms with E-state index in [0.717, 1.165) is 0 Å². The van der Waals surface area contributed by atoms with Gasteiger partial charge in [0.2, 0.25) is 5.91 Å². The molecule has 0 spiro atoms. The summed E-state index contributed by atoms with van der Waals surface area (Å²) in [6, 6.07) is 15.3. The molecular formula is C21H25N3O4. The molecule has 0 aliphatic carbocycles. The van der Waals surface area contributed by atoms with Crippen LogP contribution in [0, 0.1) is 0 Å². The maximum absolute atomic E-state index is 12.2. The Balaban J connectivity index is 1.82. The van der Waals surface area contributed by atoms with Gasteiger partial charge < -0.3 is 20.7 Å². The number of amides is 3. The molecule has 7 nitrogen and oxygen atoms in total. The number of benzene rings is 2. The monoisotopic (exact) mass is 383 g/mol. The average Bonchev–Trinajstić information content (AvgIpc) is 2.67. The molecule has 0 aliphatic rings. The van der Waals surface area contributed by atoms with Crippen molar-refractivity contribution in [3.8, 4) is 5.75 Å². The van der Waals surface area contributed by atoms with Gasteiger partial charge in [-0.3, -0.25) is 14.4 Å². The predicted molar refractivity (Wildman–Crippen MR) is 107 cm³/mol. The largest absolute Gasteiger partial charge is 0.484 e. The Morgan fingerprint density at radius 3 is 2.46 bits per heavy atom. The van der Waals surface area contributed by atoms with Crippen molar-refractivity contribution in [2.24, 2.45) is 0 Å². The molecule has 0 fully saturated rings. The van der Waals surface area contributed by atoms with Gasteiger partial charge in [0.25, 0.3) is 11.8 Å². The molecular weight excluding hydrogens is 358 g/mol. The van der Waals surface area contributed by atoms with Crippen LogP contribution in [0.15, 0.2) is 54.6 Å². The molecule has 0 radical (unpaired) electrons. The van der Waals surface area contributed by atoms with E-state index < -0.39 is 0 Å². The quantitative estimate of drug-likeness (QED) is 0.619. The topological polar surface area (TPSA) is 96.5 Å². The molecule has 2 aromatic rings. The summed E-state index contributed by atoms with van der Waals surface area (Å²) in [5.41, 5.74) is 1.10. The third-order valence-corrected chi connectivity index (χ3v) is 3.77. The van der Waals surface area contributed by atoms with Gasteiger partial charge in [0.15, 0.2) is 6.61 Å². The molecule has 2 rings (SSSR count). The van der Waals surface area contributed by atoms with Gasteiger partial charge in [-0.15, -0.1) is 0 Å². The first-order chi connectivity index (χ1) is 13.5. The number of rotatable bonds is 9. The molecule has 0 saturated carbocycles. The highest BCUT2D eigenvalue weighted by atomic mass is 16.5. The Kier molecular flexibility index (Phi) is 8.02. The van der Waals surface area contributed by atoms with Crippen LogP contribution in [0.25, 0.3) is 0 Å². The van der Waals surface area contributed by atoms with Crippen LogP contribution in [-0.2, 0) is 9.59 Å². The van der Waals surface area contributed by atoms with E-state index in [2.05, 4.69) is 16.0 Å². The van der Waals surface area contributed by atoms with Crippen molar-refractivity contribution in [2.75, 3.05) is 18.5 Å². The highest BCUT2D eigenvalue weighted by molar-refractivity contribution is 5.95. The second-order valence-corrected chi connectivity index (χ2v) is 6.26. The minimum absolute atomic E-state index is 0.0895. The molecule has 0 heterocycles. The van der Waals surface area contributed by atoms with Gasteiger partial charge in [0, 0.05) is 36.3 Å². The van der Waals surface area contributed by atoms with E-state index in [0.29, 0.717) is 23.5 Å². The summed E-state index contributed by atoms with van der Waals surface area (Å²) in [6.45, 7) is 4.05. The highest BCUT2D eigenvalue weighted by Gasteiger charge is 2.13. The van der Waals surface area contributed by atoms with Crippen LogP contribution >= 0.6 is 0 Å². The van der Waals surface area contributed by atoms with Crippen molar-refractivity contribution in [1.82, 2.24) is 10.6 Å². The van der Waals surface area contributed by atoms with Crippen LogP contribution in [0.5, 0.6) is 5.75 Å². The number of hydrogen-bond acceptors (Lipinski definition) is 4. The summed E-state index contributed by atoms with van der Waals surface area (Å²) in [7, 11) is 0. The normalized spacial score (nSPS) is 11.2. The number of carbonyl (C=O) groups excluding carboxylic acids is 3. The number of ether oxygens (including phenoxy) is 1. The minimum Gasteiger partial charge on any atom is -0.484 e. The van der Waals surface area contributed by atoms with E-state index in [1.807, 2.05) is 13.0 Å². The molecule has 0 bridgehead atoms. The van der Waals surface area contributed by atoms with E-state index in [4.69, 9.17) is 4.74 Å². The molecule has 28 heavy (non-hydrogen) atoms. The van der Waals surface area contributed by atoms with Gasteiger partial charge in [-0.1, -0.05) is 24.3 Å². The molecule has 148 valence electrons. The Morgan fingerprint density at radius 2 is 1.75 bits per heavy atom. The second kappa shape index (κ2) is 10.7. The van der Waals surface area contributed by atoms with E-state index in [1.54, 1.807) is 55.5 Å². The van der Waals surface area contributed by atoms with Gasteiger partial charge in [-0.05, 0) is 38.1 Å². The van der Waals surface area contributed by atoms with Crippen LogP contribution in [0.3, 0.4) is 0 Å². The molecule has 0 saturated heterocycles. The van der Waals surface area contributed by atoms with E-state index in [1.165, 1.54) is 0 Å². The lowest BCUT2D eigenvalue weighted by Crippen LogP contribution is -2.35. The first kappa shape index (κ1) is 21.0. The molecule has 1 atom stereocenters. The van der Waals surface area contributed by atoms with Gasteiger partial charge in [0.1, 0.15) is 5.75 Å². The lowest BCUT2D eigenvalue weighted by Gasteiger charge is -2.14. The first-order valence-corrected chi connectivity index (χ1v) is 9.13. The van der Waals surface area contributed by atoms with Crippen LogP contribution < -0.4 is 20.7 Å². The summed E-state index contributed by atoms with van der Waals surface area (Å²) in [5, 5.41) is 8.21. The van der Waals surface area contributed by atoms with Crippen LogP contribution in [0.1, 0.15) is 30.6 Å². The zero-order chi connectivity index (χ0) is 20.4. The maximum atomic E-state index is 12.2. The van der Waals surface area contributed by atoms with Gasteiger partial charge in [-0.25, -0.2) is 0 Å². The van der Waals surface area contributed by atoms with Crippen LogP contribution in [-0.4, -0.2) is 36.9 Å². The van der Waals surface area contributed by atoms with Crippen LogP contribution in [0.2, 0.25) is 0 Å². The lowest BCUT2D eigenvalue weighted by molar-refractivity contribution is -0.123. The Morgan fingerprint density at radius 1 is 1.00 bits per heavy atom. The molecule has 0 aromatic heterocycles. The highest BCUT2D eigenvalue weighted by Crippen LogP contribution is 2.17. The number of anilines is 1.